The van der Waals surface area contributed by atoms with Gasteiger partial charge in [0.15, 0.2) is 0 Å². The average Bonchev–Trinajstić information content (AvgIpc) is 2.06. The molecule has 0 fully saturated rings. The van der Waals surface area contributed by atoms with Gasteiger partial charge < -0.3 is 4.74 Å². The van der Waals surface area contributed by atoms with Crippen molar-refractivity contribution in [2.24, 2.45) is 0 Å². The number of pyridine rings is 1. The first-order valence-corrected chi connectivity index (χ1v) is 3.90. The van der Waals surface area contributed by atoms with Crippen LogP contribution in [0.4, 0.5) is 0 Å². The highest BCUT2D eigenvalue weighted by atomic mass is 35.5. The van der Waals surface area contributed by atoms with Gasteiger partial charge in [-0.25, -0.2) is 4.98 Å². The van der Waals surface area contributed by atoms with Crippen molar-refractivity contribution in [2.45, 2.75) is 6.92 Å². The third kappa shape index (κ3) is 2.20. The minimum atomic E-state index is -0.557. The van der Waals surface area contributed by atoms with Crippen LogP contribution in [0, 0.1) is 0 Å². The van der Waals surface area contributed by atoms with Crippen LogP contribution in [-0.2, 0) is 0 Å². The molecule has 1 aromatic heterocycles. The van der Waals surface area contributed by atoms with Gasteiger partial charge in [0.2, 0.25) is 0 Å². The number of hydrogen-bond donors (Lipinski definition) is 0. The second kappa shape index (κ2) is 4.07. The summed E-state index contributed by atoms with van der Waals surface area (Å²) in [5.41, 5.74) is 0.236. The van der Waals surface area contributed by atoms with E-state index in [1.807, 2.05) is 6.92 Å². The standard InChI is InChI=1S/C8H8ClNO2/c1-2-12-6-3-4-7(8(9)11)10-5-6/h3-5H,2H2,1H3. The molecule has 0 amide bonds. The fraction of sp³-hybridized carbons (Fsp3) is 0.250. The van der Waals surface area contributed by atoms with E-state index in [0.717, 1.165) is 0 Å². The largest absolute Gasteiger partial charge is 0.492 e. The molecule has 0 radical (unpaired) electrons. The number of nitrogens with zero attached hydrogens (tertiary/aromatic N) is 1. The summed E-state index contributed by atoms with van der Waals surface area (Å²) in [5.74, 6) is 0.638. The molecule has 1 rings (SSSR count). The van der Waals surface area contributed by atoms with E-state index >= 15 is 0 Å². The summed E-state index contributed by atoms with van der Waals surface area (Å²) in [6, 6.07) is 3.19. The lowest BCUT2D eigenvalue weighted by molar-refractivity contribution is 0.107. The molecule has 4 heteroatoms. The Morgan fingerprint density at radius 2 is 2.42 bits per heavy atom. The van der Waals surface area contributed by atoms with E-state index in [4.69, 9.17) is 16.3 Å². The van der Waals surface area contributed by atoms with Crippen LogP contribution in [0.25, 0.3) is 0 Å². The van der Waals surface area contributed by atoms with Crippen LogP contribution in [0.5, 0.6) is 5.75 Å². The number of rotatable bonds is 3. The molecule has 0 bridgehead atoms. The van der Waals surface area contributed by atoms with Crippen molar-refractivity contribution in [1.82, 2.24) is 4.98 Å². The Balaban J connectivity index is 2.78. The van der Waals surface area contributed by atoms with Crippen LogP contribution >= 0.6 is 11.6 Å². The fourth-order valence-corrected chi connectivity index (χ4v) is 0.860. The zero-order valence-corrected chi connectivity index (χ0v) is 7.34. The second-order valence-corrected chi connectivity index (χ2v) is 2.43. The average molecular weight is 186 g/mol. The van der Waals surface area contributed by atoms with Gasteiger partial charge in [-0.2, -0.15) is 0 Å². The minimum absolute atomic E-state index is 0.236. The van der Waals surface area contributed by atoms with Crippen LogP contribution in [0.2, 0.25) is 0 Å². The lowest BCUT2D eigenvalue weighted by Crippen LogP contribution is -1.96. The van der Waals surface area contributed by atoms with Gasteiger partial charge in [-0.3, -0.25) is 4.79 Å². The zero-order chi connectivity index (χ0) is 8.97. The quantitative estimate of drug-likeness (QED) is 0.675. The molecule has 1 heterocycles. The van der Waals surface area contributed by atoms with E-state index in [9.17, 15) is 4.79 Å². The Bertz CT molecular complexity index is 271. The van der Waals surface area contributed by atoms with Crippen LogP contribution in [0.15, 0.2) is 18.3 Å². The first kappa shape index (κ1) is 9.00. The Labute approximate surface area is 75.3 Å². The van der Waals surface area contributed by atoms with E-state index in [1.165, 1.54) is 12.3 Å². The summed E-state index contributed by atoms with van der Waals surface area (Å²) < 4.78 is 5.12. The third-order valence-corrected chi connectivity index (χ3v) is 1.44. The van der Waals surface area contributed by atoms with Gasteiger partial charge in [-0.05, 0) is 30.7 Å². The summed E-state index contributed by atoms with van der Waals surface area (Å²) in [4.78, 5) is 14.4. The van der Waals surface area contributed by atoms with Gasteiger partial charge in [-0.15, -0.1) is 0 Å². The van der Waals surface area contributed by atoms with Crippen LogP contribution in [0.3, 0.4) is 0 Å². The number of aromatic nitrogens is 1. The highest BCUT2D eigenvalue weighted by Crippen LogP contribution is 2.09. The Hall–Kier alpha value is -1.09. The Morgan fingerprint density at radius 1 is 1.67 bits per heavy atom. The third-order valence-electron chi connectivity index (χ3n) is 1.25. The molecule has 0 N–H and O–H groups in total. The molecule has 0 spiro atoms. The molecule has 0 aliphatic carbocycles. The van der Waals surface area contributed by atoms with E-state index in [2.05, 4.69) is 4.98 Å². The first-order chi connectivity index (χ1) is 5.74. The molecule has 1 aromatic rings. The summed E-state index contributed by atoms with van der Waals surface area (Å²) in [5, 5.41) is -0.557. The number of hydrogen-bond acceptors (Lipinski definition) is 3. The minimum Gasteiger partial charge on any atom is -0.492 e. The molecule has 0 aliphatic heterocycles. The molecule has 0 saturated heterocycles. The van der Waals surface area contributed by atoms with Crippen molar-refractivity contribution in [3.63, 3.8) is 0 Å². The number of carbonyl (C=O) groups excluding carboxylic acids is 1. The highest BCUT2D eigenvalue weighted by Gasteiger charge is 2.02. The maximum Gasteiger partial charge on any atom is 0.270 e. The summed E-state index contributed by atoms with van der Waals surface area (Å²) in [6.45, 7) is 2.45. The van der Waals surface area contributed by atoms with Crippen molar-refractivity contribution < 1.29 is 9.53 Å². The zero-order valence-electron chi connectivity index (χ0n) is 6.58. The van der Waals surface area contributed by atoms with E-state index < -0.39 is 5.24 Å². The molecular formula is C8H8ClNO2. The molecule has 0 aromatic carbocycles. The van der Waals surface area contributed by atoms with Crippen molar-refractivity contribution in [3.05, 3.63) is 24.0 Å². The van der Waals surface area contributed by atoms with Gasteiger partial charge in [-0.1, -0.05) is 0 Å². The van der Waals surface area contributed by atoms with E-state index in [-0.39, 0.29) is 5.69 Å². The fourth-order valence-electron chi connectivity index (χ4n) is 0.749. The predicted octanol–water partition coefficient (Wildman–Crippen LogP) is 1.86. The van der Waals surface area contributed by atoms with Crippen molar-refractivity contribution in [3.8, 4) is 5.75 Å². The van der Waals surface area contributed by atoms with Crippen molar-refractivity contribution in [1.29, 1.82) is 0 Å². The van der Waals surface area contributed by atoms with E-state index in [0.29, 0.717) is 12.4 Å². The molecular weight excluding hydrogens is 178 g/mol. The molecule has 0 aliphatic rings. The van der Waals surface area contributed by atoms with Gasteiger partial charge in [0.05, 0.1) is 12.8 Å². The molecule has 0 atom stereocenters. The summed E-state index contributed by atoms with van der Waals surface area (Å²) in [7, 11) is 0. The van der Waals surface area contributed by atoms with Gasteiger partial charge in [0.1, 0.15) is 11.4 Å². The summed E-state index contributed by atoms with van der Waals surface area (Å²) >= 11 is 5.19. The van der Waals surface area contributed by atoms with Crippen LogP contribution in [0.1, 0.15) is 17.4 Å². The Kier molecular flexibility index (Phi) is 3.05. The van der Waals surface area contributed by atoms with Crippen molar-refractivity contribution >= 4 is 16.8 Å². The lowest BCUT2D eigenvalue weighted by atomic mass is 10.4. The predicted molar refractivity (Wildman–Crippen MR) is 45.6 cm³/mol. The normalized spacial score (nSPS) is 9.50. The monoisotopic (exact) mass is 185 g/mol. The molecule has 12 heavy (non-hydrogen) atoms. The molecule has 0 saturated carbocycles. The topological polar surface area (TPSA) is 39.2 Å². The Morgan fingerprint density at radius 3 is 2.83 bits per heavy atom. The SMILES string of the molecule is CCOc1ccc(C(=O)Cl)nc1. The molecule has 64 valence electrons. The van der Waals surface area contributed by atoms with Gasteiger partial charge >= 0.3 is 0 Å². The number of halogens is 1. The maximum atomic E-state index is 10.6. The van der Waals surface area contributed by atoms with Crippen LogP contribution < -0.4 is 4.74 Å². The number of carbonyl (C=O) groups is 1. The molecule has 0 unspecified atom stereocenters. The highest BCUT2D eigenvalue weighted by molar-refractivity contribution is 6.67. The van der Waals surface area contributed by atoms with Gasteiger partial charge in [0, 0.05) is 0 Å². The van der Waals surface area contributed by atoms with E-state index in [1.54, 1.807) is 6.07 Å². The van der Waals surface area contributed by atoms with Crippen molar-refractivity contribution in [2.75, 3.05) is 6.61 Å². The smallest absolute Gasteiger partial charge is 0.270 e. The molecule has 3 nitrogen and oxygen atoms in total. The second-order valence-electron chi connectivity index (χ2n) is 2.09. The summed E-state index contributed by atoms with van der Waals surface area (Å²) in [6.07, 6.45) is 1.47. The maximum absolute atomic E-state index is 10.6. The van der Waals surface area contributed by atoms with Gasteiger partial charge in [0.25, 0.3) is 5.24 Å². The lowest BCUT2D eigenvalue weighted by Gasteiger charge is -2.00. The first-order valence-electron chi connectivity index (χ1n) is 3.52. The van der Waals surface area contributed by atoms with Crippen LogP contribution in [-0.4, -0.2) is 16.8 Å². The number of ether oxygens (including phenoxy) is 1.